The first-order valence-corrected chi connectivity index (χ1v) is 12.3. The van der Waals surface area contributed by atoms with Crippen LogP contribution in [0, 0.1) is 11.8 Å². The van der Waals surface area contributed by atoms with Crippen LogP contribution in [0.5, 0.6) is 0 Å². The molecule has 0 amide bonds. The van der Waals surface area contributed by atoms with Crippen LogP contribution in [-0.2, 0) is 4.74 Å². The van der Waals surface area contributed by atoms with E-state index in [0.29, 0.717) is 0 Å². The third-order valence-electron chi connectivity index (χ3n) is 5.67. The topological polar surface area (TPSA) is 9.23 Å². The highest BCUT2D eigenvalue weighted by atomic mass is 16.5. The van der Waals surface area contributed by atoms with E-state index >= 15 is 0 Å². The molecule has 0 saturated heterocycles. The summed E-state index contributed by atoms with van der Waals surface area (Å²) in [6.07, 6.45) is 23.7. The molecule has 0 N–H and O–H groups in total. The van der Waals surface area contributed by atoms with Gasteiger partial charge in [-0.15, -0.1) is 0 Å². The second kappa shape index (κ2) is 21.3. The van der Waals surface area contributed by atoms with Gasteiger partial charge < -0.3 is 4.74 Å². The maximum atomic E-state index is 5.95. The quantitative estimate of drug-likeness (QED) is 0.184. The second-order valence-electron chi connectivity index (χ2n) is 8.92. The summed E-state index contributed by atoms with van der Waals surface area (Å²) in [4.78, 5) is 0. The number of ether oxygens (including phenoxy) is 1. The van der Waals surface area contributed by atoms with Gasteiger partial charge >= 0.3 is 0 Å². The van der Waals surface area contributed by atoms with Crippen LogP contribution in [0.3, 0.4) is 0 Å². The van der Waals surface area contributed by atoms with E-state index in [0.717, 1.165) is 25.0 Å². The lowest BCUT2D eigenvalue weighted by Crippen LogP contribution is -2.07. The van der Waals surface area contributed by atoms with Crippen LogP contribution in [0.4, 0.5) is 0 Å². The number of hydrogen-bond donors (Lipinski definition) is 0. The Kier molecular flexibility index (Phi) is 21.2. The molecule has 0 aliphatic carbocycles. The van der Waals surface area contributed by atoms with E-state index in [1.165, 1.54) is 109 Å². The van der Waals surface area contributed by atoms with Crippen LogP contribution in [0.1, 0.15) is 137 Å². The Morgan fingerprint density at radius 2 is 1.00 bits per heavy atom. The summed E-state index contributed by atoms with van der Waals surface area (Å²) >= 11 is 0. The summed E-state index contributed by atoms with van der Waals surface area (Å²) in [5, 5.41) is 0. The monoisotopic (exact) mass is 368 g/mol. The van der Waals surface area contributed by atoms with Gasteiger partial charge in [-0.1, -0.05) is 124 Å². The maximum absolute atomic E-state index is 5.95. The molecule has 0 aromatic carbocycles. The zero-order valence-electron chi connectivity index (χ0n) is 19.0. The van der Waals surface area contributed by atoms with Gasteiger partial charge in [-0.3, -0.25) is 0 Å². The van der Waals surface area contributed by atoms with Gasteiger partial charge in [-0.05, 0) is 24.7 Å². The summed E-state index contributed by atoms with van der Waals surface area (Å²) in [6, 6.07) is 0. The zero-order chi connectivity index (χ0) is 19.3. The van der Waals surface area contributed by atoms with Gasteiger partial charge in [0.2, 0.25) is 0 Å². The van der Waals surface area contributed by atoms with Gasteiger partial charge in [-0.25, -0.2) is 0 Å². The normalized spacial score (nSPS) is 11.8. The van der Waals surface area contributed by atoms with Gasteiger partial charge in [0.15, 0.2) is 0 Å². The van der Waals surface area contributed by atoms with E-state index in [4.69, 9.17) is 4.74 Å². The molecule has 0 aliphatic heterocycles. The van der Waals surface area contributed by atoms with Crippen molar-refractivity contribution in [2.45, 2.75) is 137 Å². The Hall–Kier alpha value is -0.0400. The molecule has 0 fully saturated rings. The molecule has 0 unspecified atom stereocenters. The summed E-state index contributed by atoms with van der Waals surface area (Å²) < 4.78 is 5.95. The molecule has 26 heavy (non-hydrogen) atoms. The van der Waals surface area contributed by atoms with Gasteiger partial charge in [0.1, 0.15) is 0 Å². The standard InChI is InChI=1S/C25H52O/c1-5-7-14-19-25(20-15-8-6-2)21-23-26-22-17-13-11-9-10-12-16-18-24(3)4/h24-25H,5-23H2,1-4H3. The molecule has 0 aromatic heterocycles. The van der Waals surface area contributed by atoms with Gasteiger partial charge in [0.05, 0.1) is 0 Å². The molecule has 1 heteroatoms. The van der Waals surface area contributed by atoms with Crippen LogP contribution in [0.25, 0.3) is 0 Å². The van der Waals surface area contributed by atoms with E-state index in [1.54, 1.807) is 0 Å². The van der Waals surface area contributed by atoms with Gasteiger partial charge in [-0.2, -0.15) is 0 Å². The van der Waals surface area contributed by atoms with Crippen molar-refractivity contribution < 1.29 is 4.74 Å². The molecule has 0 aromatic rings. The molecule has 158 valence electrons. The predicted molar refractivity (Wildman–Crippen MR) is 119 cm³/mol. The fraction of sp³-hybridized carbons (Fsp3) is 1.00. The Bertz CT molecular complexity index is 239. The number of rotatable bonds is 21. The maximum Gasteiger partial charge on any atom is 0.0468 e. The summed E-state index contributed by atoms with van der Waals surface area (Å²) in [5.41, 5.74) is 0. The molecular formula is C25H52O. The molecule has 0 rings (SSSR count). The van der Waals surface area contributed by atoms with E-state index in [9.17, 15) is 0 Å². The SMILES string of the molecule is CCCCCC(CCCCC)CCOCCCCCCCCCC(C)C. The van der Waals surface area contributed by atoms with Crippen molar-refractivity contribution in [3.63, 3.8) is 0 Å². The molecule has 0 spiro atoms. The lowest BCUT2D eigenvalue weighted by molar-refractivity contribution is 0.113. The summed E-state index contributed by atoms with van der Waals surface area (Å²) in [6.45, 7) is 11.3. The highest BCUT2D eigenvalue weighted by molar-refractivity contribution is 4.60. The molecule has 0 radical (unpaired) electrons. The molecule has 0 atom stereocenters. The molecule has 0 bridgehead atoms. The molecule has 1 nitrogen and oxygen atoms in total. The van der Waals surface area contributed by atoms with Crippen molar-refractivity contribution in [3.05, 3.63) is 0 Å². The predicted octanol–water partition coefficient (Wildman–Crippen LogP) is 8.95. The van der Waals surface area contributed by atoms with Crippen molar-refractivity contribution in [2.24, 2.45) is 11.8 Å². The van der Waals surface area contributed by atoms with Crippen LogP contribution >= 0.6 is 0 Å². The van der Waals surface area contributed by atoms with Crippen LogP contribution in [0.2, 0.25) is 0 Å². The van der Waals surface area contributed by atoms with E-state index in [-0.39, 0.29) is 0 Å². The largest absolute Gasteiger partial charge is 0.381 e. The van der Waals surface area contributed by atoms with E-state index in [1.807, 2.05) is 0 Å². The van der Waals surface area contributed by atoms with E-state index < -0.39 is 0 Å². The lowest BCUT2D eigenvalue weighted by atomic mass is 9.92. The van der Waals surface area contributed by atoms with Gasteiger partial charge in [0, 0.05) is 13.2 Å². The van der Waals surface area contributed by atoms with Crippen molar-refractivity contribution in [1.82, 2.24) is 0 Å². The summed E-state index contributed by atoms with van der Waals surface area (Å²) in [5.74, 6) is 1.80. The van der Waals surface area contributed by atoms with Crippen LogP contribution < -0.4 is 0 Å². The third-order valence-corrected chi connectivity index (χ3v) is 5.67. The fourth-order valence-electron chi connectivity index (χ4n) is 3.79. The fourth-order valence-corrected chi connectivity index (χ4v) is 3.79. The third kappa shape index (κ3) is 20.3. The average molecular weight is 369 g/mol. The highest BCUT2D eigenvalue weighted by Gasteiger charge is 2.08. The van der Waals surface area contributed by atoms with Crippen molar-refractivity contribution in [3.8, 4) is 0 Å². The first-order chi connectivity index (χ1) is 12.7. The van der Waals surface area contributed by atoms with E-state index in [2.05, 4.69) is 27.7 Å². The minimum absolute atomic E-state index is 0.880. The Labute approximate surface area is 167 Å². The van der Waals surface area contributed by atoms with Crippen LogP contribution in [0.15, 0.2) is 0 Å². The second-order valence-corrected chi connectivity index (χ2v) is 8.92. The molecule has 0 heterocycles. The minimum atomic E-state index is 0.880. The Morgan fingerprint density at radius 1 is 0.500 bits per heavy atom. The van der Waals surface area contributed by atoms with Crippen LogP contribution in [-0.4, -0.2) is 13.2 Å². The molecule has 0 saturated carbocycles. The lowest BCUT2D eigenvalue weighted by Gasteiger charge is -2.17. The van der Waals surface area contributed by atoms with Crippen molar-refractivity contribution >= 4 is 0 Å². The number of unbranched alkanes of at least 4 members (excludes halogenated alkanes) is 10. The van der Waals surface area contributed by atoms with Crippen molar-refractivity contribution in [2.75, 3.05) is 13.2 Å². The average Bonchev–Trinajstić information content (AvgIpc) is 2.62. The smallest absolute Gasteiger partial charge is 0.0468 e. The van der Waals surface area contributed by atoms with Gasteiger partial charge in [0.25, 0.3) is 0 Å². The first kappa shape index (κ1) is 26.0. The minimum Gasteiger partial charge on any atom is -0.381 e. The molecule has 0 aliphatic rings. The zero-order valence-corrected chi connectivity index (χ0v) is 19.0. The molecular weight excluding hydrogens is 316 g/mol. The Balaban J connectivity index is 3.44. The first-order valence-electron chi connectivity index (χ1n) is 12.3. The Morgan fingerprint density at radius 3 is 1.54 bits per heavy atom. The summed E-state index contributed by atoms with van der Waals surface area (Å²) in [7, 11) is 0. The number of hydrogen-bond acceptors (Lipinski definition) is 1. The highest BCUT2D eigenvalue weighted by Crippen LogP contribution is 2.21. The van der Waals surface area contributed by atoms with Crippen molar-refractivity contribution in [1.29, 1.82) is 0 Å².